The Bertz CT molecular complexity index is 629. The summed E-state index contributed by atoms with van der Waals surface area (Å²) in [5.74, 6) is 2.05. The topological polar surface area (TPSA) is 19.4 Å². The molecule has 0 amide bonds. The minimum atomic E-state index is 0.866. The van der Waals surface area contributed by atoms with Crippen molar-refractivity contribution in [3.8, 4) is 0 Å². The van der Waals surface area contributed by atoms with Crippen LogP contribution in [0.3, 0.4) is 0 Å². The van der Waals surface area contributed by atoms with E-state index >= 15 is 0 Å². The Hall–Kier alpha value is -1.13. The van der Waals surface area contributed by atoms with Crippen molar-refractivity contribution in [1.29, 1.82) is 0 Å². The number of nitrogens with zero attached hydrogens (tertiary/aromatic N) is 3. The quantitative estimate of drug-likeness (QED) is 0.558. The van der Waals surface area contributed by atoms with Crippen molar-refractivity contribution in [2.75, 3.05) is 37.6 Å². The molecule has 0 atom stereocenters. The molecule has 0 radical (unpaired) electrons. The Morgan fingerprint density at radius 2 is 1.76 bits per heavy atom. The fourth-order valence-electron chi connectivity index (χ4n) is 3.73. The van der Waals surface area contributed by atoms with E-state index in [4.69, 9.17) is 0 Å². The van der Waals surface area contributed by atoms with E-state index in [2.05, 4.69) is 46.1 Å². The van der Waals surface area contributed by atoms with Gasteiger partial charge in [0.2, 0.25) is 0 Å². The molecule has 1 aliphatic rings. The highest BCUT2D eigenvalue weighted by Gasteiger charge is 2.19. The Labute approximate surface area is 157 Å². The second-order valence-electron chi connectivity index (χ2n) is 7.75. The zero-order chi connectivity index (χ0) is 17.5. The van der Waals surface area contributed by atoms with E-state index in [1.165, 1.54) is 74.1 Å². The van der Waals surface area contributed by atoms with Crippen LogP contribution in [0.5, 0.6) is 0 Å². The largest absolute Gasteiger partial charge is 0.354 e. The van der Waals surface area contributed by atoms with Gasteiger partial charge in [0, 0.05) is 42.5 Å². The van der Waals surface area contributed by atoms with Crippen LogP contribution in [0.15, 0.2) is 23.7 Å². The number of fused-ring (bicyclic) bond motifs is 1. The van der Waals surface area contributed by atoms with Gasteiger partial charge in [-0.1, -0.05) is 46.0 Å². The van der Waals surface area contributed by atoms with Crippen LogP contribution in [0.4, 0.5) is 5.82 Å². The van der Waals surface area contributed by atoms with Crippen molar-refractivity contribution in [3.63, 3.8) is 0 Å². The van der Waals surface area contributed by atoms with E-state index in [0.29, 0.717) is 0 Å². The molecule has 2 aromatic heterocycles. The minimum absolute atomic E-state index is 0.866. The van der Waals surface area contributed by atoms with Gasteiger partial charge in [-0.05, 0) is 36.4 Å². The molecule has 0 saturated carbocycles. The highest BCUT2D eigenvalue weighted by Crippen LogP contribution is 2.29. The Morgan fingerprint density at radius 1 is 1.00 bits per heavy atom. The number of unbranched alkanes of at least 4 members (excludes halogenated alkanes) is 4. The molecule has 3 rings (SSSR count). The molecule has 1 aliphatic heterocycles. The predicted octanol–water partition coefficient (Wildman–Crippen LogP) is 5.41. The molecule has 0 aliphatic carbocycles. The average Bonchev–Trinajstić information content (AvgIpc) is 3.10. The van der Waals surface area contributed by atoms with E-state index in [9.17, 15) is 0 Å². The summed E-state index contributed by atoms with van der Waals surface area (Å²) in [7, 11) is 0. The number of rotatable bonds is 9. The van der Waals surface area contributed by atoms with Crippen LogP contribution in [0.1, 0.15) is 52.4 Å². The fourth-order valence-corrected chi connectivity index (χ4v) is 4.51. The van der Waals surface area contributed by atoms with Gasteiger partial charge in [0.05, 0.1) is 0 Å². The lowest BCUT2D eigenvalue weighted by molar-refractivity contribution is 0.251. The lowest BCUT2D eigenvalue weighted by Gasteiger charge is -2.35. The highest BCUT2D eigenvalue weighted by atomic mass is 32.1. The maximum atomic E-state index is 4.66. The molecule has 25 heavy (non-hydrogen) atoms. The third kappa shape index (κ3) is 5.42. The maximum absolute atomic E-state index is 4.66. The van der Waals surface area contributed by atoms with Gasteiger partial charge in [-0.2, -0.15) is 0 Å². The zero-order valence-electron chi connectivity index (χ0n) is 15.9. The summed E-state index contributed by atoms with van der Waals surface area (Å²) in [6, 6.07) is 4.34. The molecule has 0 spiro atoms. The SMILES string of the molecule is CC(C)CCCCCCCN1CCN(c2nccc3sccc23)CC1. The normalized spacial score (nSPS) is 16.2. The van der Waals surface area contributed by atoms with Gasteiger partial charge in [-0.3, -0.25) is 4.90 Å². The van der Waals surface area contributed by atoms with Gasteiger partial charge in [0.1, 0.15) is 5.82 Å². The van der Waals surface area contributed by atoms with Crippen LogP contribution in [-0.4, -0.2) is 42.6 Å². The molecule has 0 bridgehead atoms. The minimum Gasteiger partial charge on any atom is -0.354 e. The Balaban J connectivity index is 1.34. The fraction of sp³-hybridized carbons (Fsp3) is 0.667. The first kappa shape index (κ1) is 18.7. The zero-order valence-corrected chi connectivity index (χ0v) is 16.7. The number of aromatic nitrogens is 1. The molecular weight excluding hydrogens is 326 g/mol. The molecule has 2 aromatic rings. The van der Waals surface area contributed by atoms with Gasteiger partial charge in [0.15, 0.2) is 0 Å². The first-order valence-corrected chi connectivity index (χ1v) is 10.9. The number of hydrogen-bond acceptors (Lipinski definition) is 4. The van der Waals surface area contributed by atoms with Crippen molar-refractivity contribution in [1.82, 2.24) is 9.88 Å². The number of hydrogen-bond donors (Lipinski definition) is 0. The molecule has 3 heterocycles. The number of piperazine rings is 1. The summed E-state index contributed by atoms with van der Waals surface area (Å²) in [4.78, 5) is 9.77. The van der Waals surface area contributed by atoms with E-state index < -0.39 is 0 Å². The van der Waals surface area contributed by atoms with Crippen LogP contribution in [-0.2, 0) is 0 Å². The van der Waals surface area contributed by atoms with Gasteiger partial charge in [-0.25, -0.2) is 4.98 Å². The molecule has 3 nitrogen and oxygen atoms in total. The van der Waals surface area contributed by atoms with Gasteiger partial charge in [0.25, 0.3) is 0 Å². The van der Waals surface area contributed by atoms with Crippen LogP contribution in [0.25, 0.3) is 10.1 Å². The lowest BCUT2D eigenvalue weighted by Crippen LogP contribution is -2.46. The second kappa shape index (κ2) is 9.54. The number of pyridine rings is 1. The molecule has 0 unspecified atom stereocenters. The van der Waals surface area contributed by atoms with Crippen molar-refractivity contribution in [2.24, 2.45) is 5.92 Å². The predicted molar refractivity (Wildman–Crippen MR) is 111 cm³/mol. The molecule has 0 N–H and O–H groups in total. The van der Waals surface area contributed by atoms with Crippen molar-refractivity contribution in [3.05, 3.63) is 23.7 Å². The van der Waals surface area contributed by atoms with E-state index in [1.54, 1.807) is 0 Å². The van der Waals surface area contributed by atoms with Crippen LogP contribution in [0.2, 0.25) is 0 Å². The third-order valence-corrected chi connectivity index (χ3v) is 6.17. The smallest absolute Gasteiger partial charge is 0.137 e. The standard InChI is InChI=1S/C21H33N3S/c1-18(2)8-6-4-3-5-7-12-23-13-15-24(16-14-23)21-19-10-17-25-20(19)9-11-22-21/h9-11,17-18H,3-8,12-16H2,1-2H3. The van der Waals surface area contributed by atoms with Crippen molar-refractivity contribution >= 4 is 27.2 Å². The summed E-state index contributed by atoms with van der Waals surface area (Å²) >= 11 is 1.81. The Kier molecular flexibility index (Phi) is 7.12. The van der Waals surface area contributed by atoms with Gasteiger partial charge >= 0.3 is 0 Å². The van der Waals surface area contributed by atoms with E-state index in [-0.39, 0.29) is 0 Å². The summed E-state index contributed by atoms with van der Waals surface area (Å²) in [5.41, 5.74) is 0. The van der Waals surface area contributed by atoms with Crippen LogP contribution in [0, 0.1) is 5.92 Å². The summed E-state index contributed by atoms with van der Waals surface area (Å²) in [5, 5.41) is 3.50. The average molecular weight is 360 g/mol. The van der Waals surface area contributed by atoms with E-state index in [0.717, 1.165) is 19.0 Å². The monoisotopic (exact) mass is 359 g/mol. The first-order valence-electron chi connectivity index (χ1n) is 10.0. The first-order chi connectivity index (χ1) is 12.2. The Morgan fingerprint density at radius 3 is 2.56 bits per heavy atom. The summed E-state index contributed by atoms with van der Waals surface area (Å²) < 4.78 is 1.35. The molecule has 138 valence electrons. The van der Waals surface area contributed by atoms with Crippen LogP contribution >= 0.6 is 11.3 Å². The molecule has 1 saturated heterocycles. The maximum Gasteiger partial charge on any atom is 0.137 e. The third-order valence-electron chi connectivity index (χ3n) is 5.29. The molecule has 0 aromatic carbocycles. The number of thiophene rings is 1. The van der Waals surface area contributed by atoms with Crippen LogP contribution < -0.4 is 4.90 Å². The van der Waals surface area contributed by atoms with Crippen molar-refractivity contribution in [2.45, 2.75) is 52.4 Å². The van der Waals surface area contributed by atoms with E-state index in [1.807, 2.05) is 17.5 Å². The number of anilines is 1. The lowest BCUT2D eigenvalue weighted by atomic mass is 10.0. The summed E-state index contributed by atoms with van der Waals surface area (Å²) in [6.45, 7) is 10.5. The second-order valence-corrected chi connectivity index (χ2v) is 8.69. The molecule has 4 heteroatoms. The highest BCUT2D eigenvalue weighted by molar-refractivity contribution is 7.17. The van der Waals surface area contributed by atoms with Gasteiger partial charge < -0.3 is 4.90 Å². The summed E-state index contributed by atoms with van der Waals surface area (Å²) in [6.07, 6.45) is 10.4. The van der Waals surface area contributed by atoms with Gasteiger partial charge in [-0.15, -0.1) is 11.3 Å². The van der Waals surface area contributed by atoms with Crippen molar-refractivity contribution < 1.29 is 0 Å². The molecular formula is C21H33N3S. The molecule has 1 fully saturated rings.